The van der Waals surface area contributed by atoms with Crippen LogP contribution in [0.25, 0.3) is 22.3 Å². The number of carbonyl (C=O) groups excluding carboxylic acids is 2. The molecule has 160 valence electrons. The number of methoxy groups -OCH3 is 1. The first-order valence-corrected chi connectivity index (χ1v) is 11.1. The van der Waals surface area contributed by atoms with Crippen molar-refractivity contribution in [3.63, 3.8) is 0 Å². The van der Waals surface area contributed by atoms with Gasteiger partial charge in [-0.1, -0.05) is 25.0 Å². The summed E-state index contributed by atoms with van der Waals surface area (Å²) in [6.45, 7) is 0. The number of amides is 1. The van der Waals surface area contributed by atoms with E-state index in [0.717, 1.165) is 28.7 Å². The van der Waals surface area contributed by atoms with Gasteiger partial charge in [-0.25, -0.2) is 4.79 Å². The molecule has 2 aliphatic carbocycles. The van der Waals surface area contributed by atoms with E-state index < -0.39 is 5.54 Å². The van der Waals surface area contributed by atoms with E-state index in [0.29, 0.717) is 24.3 Å². The summed E-state index contributed by atoms with van der Waals surface area (Å²) in [5.41, 5.74) is 3.86. The first-order chi connectivity index (χ1) is 15.1. The Morgan fingerprint density at radius 3 is 2.58 bits per heavy atom. The Bertz CT molecular complexity index is 1130. The minimum absolute atomic E-state index is 0.247. The van der Waals surface area contributed by atoms with Gasteiger partial charge in [-0.2, -0.15) is 0 Å². The van der Waals surface area contributed by atoms with Gasteiger partial charge in [0, 0.05) is 22.7 Å². The van der Waals surface area contributed by atoms with Crippen molar-refractivity contribution in [3.8, 4) is 11.4 Å². The van der Waals surface area contributed by atoms with Crippen LogP contribution in [0.3, 0.4) is 0 Å². The van der Waals surface area contributed by atoms with Crippen molar-refractivity contribution in [3.05, 3.63) is 53.7 Å². The van der Waals surface area contributed by atoms with Crippen molar-refractivity contribution in [2.75, 3.05) is 7.11 Å². The number of rotatable bonds is 5. The molecule has 0 atom stereocenters. The highest BCUT2D eigenvalue weighted by Gasteiger charge is 2.46. The monoisotopic (exact) mass is 417 g/mol. The number of H-pyrrole nitrogens is 1. The highest BCUT2D eigenvalue weighted by atomic mass is 16.5. The number of benzene rings is 1. The van der Waals surface area contributed by atoms with E-state index in [1.54, 1.807) is 0 Å². The lowest BCUT2D eigenvalue weighted by Gasteiger charge is -2.39. The number of hydrogen-bond acceptors (Lipinski definition) is 4. The zero-order chi connectivity index (χ0) is 21.4. The van der Waals surface area contributed by atoms with Crippen LogP contribution in [0.15, 0.2) is 42.6 Å². The third-order valence-electron chi connectivity index (χ3n) is 6.92. The number of nitrogens with zero attached hydrogens (tertiary/aromatic N) is 1. The largest absolute Gasteiger partial charge is 0.467 e. The number of nitrogens with one attached hydrogen (secondary N) is 2. The molecule has 0 radical (unpaired) electrons. The number of carbonyl (C=O) groups is 2. The van der Waals surface area contributed by atoms with E-state index in [-0.39, 0.29) is 11.9 Å². The SMILES string of the molecule is COC(=O)C1(NC(=O)c2ccc3c(C4CCCC4)c(-c4ccccn4)[nH]c3c2)CCC1. The maximum absolute atomic E-state index is 13.0. The van der Waals surface area contributed by atoms with Gasteiger partial charge in [0.15, 0.2) is 0 Å². The molecule has 3 aromatic rings. The third kappa shape index (κ3) is 3.40. The molecular weight excluding hydrogens is 390 g/mol. The van der Waals surface area contributed by atoms with Gasteiger partial charge >= 0.3 is 5.97 Å². The van der Waals surface area contributed by atoms with E-state index in [1.807, 2.05) is 42.6 Å². The Balaban J connectivity index is 1.53. The highest BCUT2D eigenvalue weighted by molar-refractivity contribution is 6.02. The number of aromatic amines is 1. The van der Waals surface area contributed by atoms with Crippen LogP contribution in [-0.4, -0.2) is 34.5 Å². The predicted molar refractivity (Wildman–Crippen MR) is 119 cm³/mol. The molecule has 0 saturated heterocycles. The summed E-state index contributed by atoms with van der Waals surface area (Å²) >= 11 is 0. The van der Waals surface area contributed by atoms with Crippen molar-refractivity contribution in [2.24, 2.45) is 0 Å². The second-order valence-corrected chi connectivity index (χ2v) is 8.75. The summed E-state index contributed by atoms with van der Waals surface area (Å²) in [4.78, 5) is 33.3. The predicted octanol–water partition coefficient (Wildman–Crippen LogP) is 4.71. The summed E-state index contributed by atoms with van der Waals surface area (Å²) in [5, 5.41) is 4.08. The fourth-order valence-corrected chi connectivity index (χ4v) is 5.11. The van der Waals surface area contributed by atoms with E-state index in [9.17, 15) is 9.59 Å². The molecular formula is C25H27N3O3. The third-order valence-corrected chi connectivity index (χ3v) is 6.92. The molecule has 0 unspecified atom stereocenters. The van der Waals surface area contributed by atoms with Gasteiger partial charge in [-0.15, -0.1) is 0 Å². The summed E-state index contributed by atoms with van der Waals surface area (Å²) < 4.78 is 4.92. The van der Waals surface area contributed by atoms with Gasteiger partial charge in [-0.05, 0) is 67.9 Å². The quantitative estimate of drug-likeness (QED) is 0.589. The number of esters is 1. The van der Waals surface area contributed by atoms with E-state index in [1.165, 1.54) is 38.4 Å². The van der Waals surface area contributed by atoms with E-state index >= 15 is 0 Å². The van der Waals surface area contributed by atoms with Crippen molar-refractivity contribution in [1.82, 2.24) is 15.3 Å². The van der Waals surface area contributed by atoms with Crippen molar-refractivity contribution >= 4 is 22.8 Å². The number of ether oxygens (including phenoxy) is 1. The molecule has 2 aliphatic rings. The molecule has 31 heavy (non-hydrogen) atoms. The van der Waals surface area contributed by atoms with Crippen molar-refractivity contribution in [1.29, 1.82) is 0 Å². The lowest BCUT2D eigenvalue weighted by atomic mass is 9.76. The summed E-state index contributed by atoms with van der Waals surface area (Å²) in [7, 11) is 1.36. The standard InChI is InChI=1S/C25H27N3O3/c1-31-24(30)25(12-6-13-25)28-23(29)17-10-11-18-20(15-17)27-22(19-9-4-5-14-26-19)21(18)16-7-2-3-8-16/h4-5,9-11,14-16,27H,2-3,6-8,12-13H2,1H3,(H,28,29). The van der Waals surface area contributed by atoms with E-state index in [4.69, 9.17) is 4.74 Å². The number of pyridine rings is 1. The average molecular weight is 418 g/mol. The molecule has 2 saturated carbocycles. The molecule has 5 rings (SSSR count). The zero-order valence-electron chi connectivity index (χ0n) is 17.7. The van der Waals surface area contributed by atoms with Crippen molar-refractivity contribution in [2.45, 2.75) is 56.4 Å². The van der Waals surface area contributed by atoms with Crippen LogP contribution < -0.4 is 5.32 Å². The fourth-order valence-electron chi connectivity index (χ4n) is 5.11. The van der Waals surface area contributed by atoms with Gasteiger partial charge < -0.3 is 15.0 Å². The van der Waals surface area contributed by atoms with Gasteiger partial charge in [0.25, 0.3) is 5.91 Å². The molecule has 0 bridgehead atoms. The molecule has 2 heterocycles. The minimum Gasteiger partial charge on any atom is -0.467 e. The van der Waals surface area contributed by atoms with Crippen LogP contribution in [0.4, 0.5) is 0 Å². The molecule has 6 heteroatoms. The van der Waals surface area contributed by atoms with Gasteiger partial charge in [0.1, 0.15) is 5.54 Å². The smallest absolute Gasteiger partial charge is 0.331 e. The molecule has 0 aliphatic heterocycles. The van der Waals surface area contributed by atoms with Crippen LogP contribution in [0, 0.1) is 0 Å². The topological polar surface area (TPSA) is 84.1 Å². The average Bonchev–Trinajstić information content (AvgIpc) is 3.43. The first-order valence-electron chi connectivity index (χ1n) is 11.1. The first kappa shape index (κ1) is 19.8. The second-order valence-electron chi connectivity index (χ2n) is 8.75. The summed E-state index contributed by atoms with van der Waals surface area (Å²) in [5.74, 6) is -0.111. The molecule has 2 fully saturated rings. The fraction of sp³-hybridized carbons (Fsp3) is 0.400. The Morgan fingerprint density at radius 2 is 1.94 bits per heavy atom. The summed E-state index contributed by atoms with van der Waals surface area (Å²) in [6.07, 6.45) is 8.79. The molecule has 2 aromatic heterocycles. The minimum atomic E-state index is -0.884. The lowest BCUT2D eigenvalue weighted by molar-refractivity contribution is -0.152. The van der Waals surface area contributed by atoms with Crippen LogP contribution in [0.1, 0.15) is 66.8 Å². The Kier molecular flexibility index (Phi) is 5.00. The lowest BCUT2D eigenvalue weighted by Crippen LogP contribution is -2.59. The molecule has 1 aromatic carbocycles. The number of aromatic nitrogens is 2. The maximum atomic E-state index is 13.0. The van der Waals surface area contributed by atoms with Gasteiger partial charge in [-0.3, -0.25) is 9.78 Å². The zero-order valence-corrected chi connectivity index (χ0v) is 17.7. The van der Waals surface area contributed by atoms with Crippen LogP contribution >= 0.6 is 0 Å². The Labute approximate surface area is 181 Å². The normalized spacial score (nSPS) is 18.0. The van der Waals surface area contributed by atoms with Crippen LogP contribution in [-0.2, 0) is 9.53 Å². The van der Waals surface area contributed by atoms with Crippen LogP contribution in [0.5, 0.6) is 0 Å². The maximum Gasteiger partial charge on any atom is 0.331 e. The highest BCUT2D eigenvalue weighted by Crippen LogP contribution is 2.43. The van der Waals surface area contributed by atoms with Gasteiger partial charge in [0.2, 0.25) is 0 Å². The number of fused-ring (bicyclic) bond motifs is 1. The second kappa shape index (κ2) is 7.84. The molecule has 0 spiro atoms. The summed E-state index contributed by atoms with van der Waals surface area (Å²) in [6, 6.07) is 11.7. The Morgan fingerprint density at radius 1 is 1.13 bits per heavy atom. The molecule has 2 N–H and O–H groups in total. The van der Waals surface area contributed by atoms with Crippen LogP contribution in [0.2, 0.25) is 0 Å². The Hall–Kier alpha value is -3.15. The van der Waals surface area contributed by atoms with Crippen molar-refractivity contribution < 1.29 is 14.3 Å². The van der Waals surface area contributed by atoms with Gasteiger partial charge in [0.05, 0.1) is 18.5 Å². The van der Waals surface area contributed by atoms with E-state index in [2.05, 4.69) is 15.3 Å². The molecule has 6 nitrogen and oxygen atoms in total. The molecule has 1 amide bonds. The number of hydrogen-bond donors (Lipinski definition) is 2.